The van der Waals surface area contributed by atoms with Crippen LogP contribution >= 0.6 is 0 Å². The minimum absolute atomic E-state index is 0.107. The Hall–Kier alpha value is -0.140. The zero-order valence-corrected chi connectivity index (χ0v) is 8.65. The Morgan fingerprint density at radius 1 is 1.08 bits per heavy atom. The van der Waals surface area contributed by atoms with Crippen LogP contribution in [-0.4, -0.2) is 5.92 Å². The van der Waals surface area contributed by atoms with Crippen molar-refractivity contribution in [3.8, 4) is 0 Å². The highest BCUT2D eigenvalue weighted by Gasteiger charge is 2.31. The highest BCUT2D eigenvalue weighted by Crippen LogP contribution is 2.35. The largest absolute Gasteiger partial charge is 0.248 e. The topological polar surface area (TPSA) is 0 Å². The molecule has 0 aromatic carbocycles. The van der Waals surface area contributed by atoms with Crippen molar-refractivity contribution >= 4 is 0 Å². The van der Waals surface area contributed by atoms with Crippen LogP contribution in [0.3, 0.4) is 0 Å². The second-order valence-corrected chi connectivity index (χ2v) is 4.64. The Bertz CT molecular complexity index is 152. The molecule has 0 aliphatic heterocycles. The van der Waals surface area contributed by atoms with Gasteiger partial charge in [0.1, 0.15) is 0 Å². The summed E-state index contributed by atoms with van der Waals surface area (Å²) < 4.78 is 26.2. The molecule has 78 valence electrons. The van der Waals surface area contributed by atoms with Gasteiger partial charge in [0, 0.05) is 12.8 Å². The quantitative estimate of drug-likeness (QED) is 0.580. The molecular weight excluding hydrogens is 170 g/mol. The molecule has 0 heterocycles. The summed E-state index contributed by atoms with van der Waals surface area (Å²) in [6.45, 7) is 4.29. The van der Waals surface area contributed by atoms with Gasteiger partial charge in [-0.1, -0.05) is 26.7 Å². The molecule has 1 aliphatic rings. The van der Waals surface area contributed by atoms with Crippen molar-refractivity contribution in [1.82, 2.24) is 0 Å². The smallest absolute Gasteiger partial charge is 0.207 e. The van der Waals surface area contributed by atoms with Gasteiger partial charge in [-0.25, -0.2) is 8.78 Å². The molecule has 1 aliphatic carbocycles. The van der Waals surface area contributed by atoms with Gasteiger partial charge in [0.15, 0.2) is 0 Å². The predicted octanol–water partition coefficient (Wildman–Crippen LogP) is 4.25. The fourth-order valence-corrected chi connectivity index (χ4v) is 2.12. The lowest BCUT2D eigenvalue weighted by molar-refractivity contribution is -0.0313. The van der Waals surface area contributed by atoms with Gasteiger partial charge in [0.25, 0.3) is 0 Å². The highest BCUT2D eigenvalue weighted by molar-refractivity contribution is 4.74. The van der Waals surface area contributed by atoms with E-state index in [-0.39, 0.29) is 12.8 Å². The van der Waals surface area contributed by atoms with E-state index in [0.29, 0.717) is 24.7 Å². The number of hydrogen-bond donors (Lipinski definition) is 0. The Balaban J connectivity index is 2.45. The summed E-state index contributed by atoms with van der Waals surface area (Å²) in [5, 5.41) is 0. The van der Waals surface area contributed by atoms with Crippen LogP contribution in [0.1, 0.15) is 52.4 Å². The van der Waals surface area contributed by atoms with Gasteiger partial charge in [-0.05, 0) is 24.7 Å². The molecule has 13 heavy (non-hydrogen) atoms. The third-order valence-electron chi connectivity index (χ3n) is 3.19. The maximum atomic E-state index is 13.1. The summed E-state index contributed by atoms with van der Waals surface area (Å²) >= 11 is 0. The molecule has 0 spiro atoms. The van der Waals surface area contributed by atoms with Gasteiger partial charge >= 0.3 is 0 Å². The van der Waals surface area contributed by atoms with E-state index < -0.39 is 5.92 Å². The van der Waals surface area contributed by atoms with Crippen LogP contribution in [0.25, 0.3) is 0 Å². The molecule has 1 unspecified atom stereocenters. The monoisotopic (exact) mass is 190 g/mol. The standard InChI is InChI=1S/C11H20F2/c1-9(2)10-5-3-4-7-11(12,13)8-6-10/h9-10H,3-8H2,1-2H3. The molecule has 0 saturated heterocycles. The zero-order chi connectivity index (χ0) is 9.90. The molecule has 0 aromatic rings. The van der Waals surface area contributed by atoms with Crippen molar-refractivity contribution < 1.29 is 8.78 Å². The van der Waals surface area contributed by atoms with Crippen LogP contribution in [-0.2, 0) is 0 Å². The Labute approximate surface area is 79.7 Å². The average Bonchev–Trinajstić information content (AvgIpc) is 1.98. The molecule has 0 nitrogen and oxygen atoms in total. The van der Waals surface area contributed by atoms with Crippen molar-refractivity contribution in [2.24, 2.45) is 11.8 Å². The summed E-state index contributed by atoms with van der Waals surface area (Å²) in [7, 11) is 0. The Kier molecular flexibility index (Phi) is 3.69. The minimum Gasteiger partial charge on any atom is -0.207 e. The van der Waals surface area contributed by atoms with Gasteiger partial charge in [-0.2, -0.15) is 0 Å². The van der Waals surface area contributed by atoms with Crippen molar-refractivity contribution in [3.63, 3.8) is 0 Å². The van der Waals surface area contributed by atoms with Gasteiger partial charge in [0.05, 0.1) is 0 Å². The summed E-state index contributed by atoms with van der Waals surface area (Å²) in [6.07, 6.45) is 3.76. The predicted molar refractivity (Wildman–Crippen MR) is 51.0 cm³/mol. The van der Waals surface area contributed by atoms with Crippen LogP contribution in [0.15, 0.2) is 0 Å². The second-order valence-electron chi connectivity index (χ2n) is 4.64. The molecule has 2 heteroatoms. The first kappa shape index (κ1) is 10.9. The van der Waals surface area contributed by atoms with Crippen LogP contribution in [0.5, 0.6) is 0 Å². The lowest BCUT2D eigenvalue weighted by atomic mass is 9.83. The van der Waals surface area contributed by atoms with E-state index in [4.69, 9.17) is 0 Å². The van der Waals surface area contributed by atoms with Crippen LogP contribution in [0.2, 0.25) is 0 Å². The molecule has 1 saturated carbocycles. The van der Waals surface area contributed by atoms with Crippen molar-refractivity contribution in [1.29, 1.82) is 0 Å². The lowest BCUT2D eigenvalue weighted by Crippen LogP contribution is -2.22. The van der Waals surface area contributed by atoms with Gasteiger partial charge in [0.2, 0.25) is 5.92 Å². The zero-order valence-electron chi connectivity index (χ0n) is 8.65. The number of halogens is 2. The van der Waals surface area contributed by atoms with Crippen molar-refractivity contribution in [2.45, 2.75) is 58.3 Å². The highest BCUT2D eigenvalue weighted by atomic mass is 19.3. The second kappa shape index (κ2) is 4.39. The van der Waals surface area contributed by atoms with E-state index in [1.807, 2.05) is 0 Å². The van der Waals surface area contributed by atoms with Crippen LogP contribution in [0, 0.1) is 11.8 Å². The SMILES string of the molecule is CC(C)C1CCCCC(F)(F)CC1. The average molecular weight is 190 g/mol. The minimum atomic E-state index is -2.38. The first-order valence-corrected chi connectivity index (χ1v) is 5.39. The molecule has 0 amide bonds. The maximum absolute atomic E-state index is 13.1. The fraction of sp³-hybridized carbons (Fsp3) is 1.00. The summed E-state index contributed by atoms with van der Waals surface area (Å²) in [5.41, 5.74) is 0. The van der Waals surface area contributed by atoms with E-state index in [0.717, 1.165) is 12.8 Å². The van der Waals surface area contributed by atoms with E-state index in [1.165, 1.54) is 0 Å². The molecule has 1 rings (SSSR count). The van der Waals surface area contributed by atoms with Crippen LogP contribution < -0.4 is 0 Å². The number of hydrogen-bond acceptors (Lipinski definition) is 0. The van der Waals surface area contributed by atoms with Crippen molar-refractivity contribution in [2.75, 3.05) is 0 Å². The molecule has 0 N–H and O–H groups in total. The Morgan fingerprint density at radius 3 is 2.38 bits per heavy atom. The lowest BCUT2D eigenvalue weighted by Gasteiger charge is -2.27. The first-order chi connectivity index (χ1) is 6.01. The van der Waals surface area contributed by atoms with E-state index >= 15 is 0 Å². The summed E-state index contributed by atoms with van der Waals surface area (Å²) in [4.78, 5) is 0. The van der Waals surface area contributed by atoms with Crippen molar-refractivity contribution in [3.05, 3.63) is 0 Å². The van der Waals surface area contributed by atoms with Gasteiger partial charge in [-0.3, -0.25) is 0 Å². The molecule has 1 fully saturated rings. The van der Waals surface area contributed by atoms with Gasteiger partial charge in [-0.15, -0.1) is 0 Å². The van der Waals surface area contributed by atoms with Crippen LogP contribution in [0.4, 0.5) is 8.78 Å². The Morgan fingerprint density at radius 2 is 1.77 bits per heavy atom. The number of alkyl halides is 2. The van der Waals surface area contributed by atoms with E-state index in [9.17, 15) is 8.78 Å². The molecular formula is C11H20F2. The maximum Gasteiger partial charge on any atom is 0.248 e. The van der Waals surface area contributed by atoms with E-state index in [2.05, 4.69) is 13.8 Å². The summed E-state index contributed by atoms with van der Waals surface area (Å²) in [5.74, 6) is -1.30. The third kappa shape index (κ3) is 3.61. The molecule has 1 atom stereocenters. The normalized spacial score (nSPS) is 29.8. The molecule has 0 bridgehead atoms. The number of rotatable bonds is 1. The third-order valence-corrected chi connectivity index (χ3v) is 3.19. The molecule has 0 aromatic heterocycles. The fourth-order valence-electron chi connectivity index (χ4n) is 2.12. The first-order valence-electron chi connectivity index (χ1n) is 5.39. The summed E-state index contributed by atoms with van der Waals surface area (Å²) in [6, 6.07) is 0. The molecule has 0 radical (unpaired) electrons. The van der Waals surface area contributed by atoms with E-state index in [1.54, 1.807) is 0 Å². The van der Waals surface area contributed by atoms with Gasteiger partial charge < -0.3 is 0 Å².